The van der Waals surface area contributed by atoms with Crippen LogP contribution in [0.5, 0.6) is 11.6 Å². The second-order valence-corrected chi connectivity index (χ2v) is 9.84. The molecule has 3 aromatic rings. The highest BCUT2D eigenvalue weighted by Gasteiger charge is 2.45. The number of hydrogen-bond donors (Lipinski definition) is 4. The molecule has 0 spiro atoms. The monoisotopic (exact) mass is 512 g/mol. The fourth-order valence-corrected chi connectivity index (χ4v) is 4.42. The highest BCUT2D eigenvalue weighted by atomic mass is 16.7. The lowest BCUT2D eigenvalue weighted by atomic mass is 9.99. The molecule has 5 atom stereocenters. The highest BCUT2D eigenvalue weighted by Crippen LogP contribution is 2.37. The molecular weight excluding hydrogens is 476 g/mol. The van der Waals surface area contributed by atoms with Crippen molar-refractivity contribution in [3.63, 3.8) is 0 Å². The van der Waals surface area contributed by atoms with E-state index in [2.05, 4.69) is 0 Å². The Kier molecular flexibility index (Phi) is 8.51. The standard InChI is InChI=1S/C28H36N2O7/c1-16(2)30-23(19-10-12-20(13-11-19)35-17(3)4)21(14-18-8-6-5-7-9-18)27(29-30)37-28-26(34)25(33)24(32)22(15-31)36-28/h5-13,16-17,22,24-26,28,31-34H,14-15H2,1-4H3/t22-,24-,25+,26-,28+/m1/s1. The summed E-state index contributed by atoms with van der Waals surface area (Å²) in [7, 11) is 0. The van der Waals surface area contributed by atoms with Gasteiger partial charge in [0.15, 0.2) is 0 Å². The van der Waals surface area contributed by atoms with E-state index in [1.807, 2.05) is 87.0 Å². The molecule has 1 aromatic heterocycles. The Morgan fingerprint density at radius 1 is 0.919 bits per heavy atom. The number of ether oxygens (including phenoxy) is 3. The fourth-order valence-electron chi connectivity index (χ4n) is 4.42. The molecule has 2 heterocycles. The minimum Gasteiger partial charge on any atom is -0.491 e. The summed E-state index contributed by atoms with van der Waals surface area (Å²) in [5.41, 5.74) is 3.56. The molecule has 1 aliphatic heterocycles. The Hall–Kier alpha value is -2.95. The number of hydrogen-bond acceptors (Lipinski definition) is 8. The van der Waals surface area contributed by atoms with E-state index in [1.54, 1.807) is 0 Å². The lowest BCUT2D eigenvalue weighted by Crippen LogP contribution is -2.60. The first-order chi connectivity index (χ1) is 17.7. The van der Waals surface area contributed by atoms with Crippen LogP contribution in [0.2, 0.25) is 0 Å². The molecule has 37 heavy (non-hydrogen) atoms. The van der Waals surface area contributed by atoms with E-state index >= 15 is 0 Å². The van der Waals surface area contributed by atoms with Crippen molar-refractivity contribution in [3.8, 4) is 22.9 Å². The zero-order valence-electron chi connectivity index (χ0n) is 21.6. The Balaban J connectivity index is 1.78. The van der Waals surface area contributed by atoms with Gasteiger partial charge in [0.2, 0.25) is 12.2 Å². The van der Waals surface area contributed by atoms with Crippen LogP contribution >= 0.6 is 0 Å². The molecule has 0 saturated carbocycles. The number of aliphatic hydroxyl groups is 4. The summed E-state index contributed by atoms with van der Waals surface area (Å²) in [5.74, 6) is 0.996. The quantitative estimate of drug-likeness (QED) is 0.345. The summed E-state index contributed by atoms with van der Waals surface area (Å²) < 4.78 is 19.4. The maximum absolute atomic E-state index is 10.6. The van der Waals surface area contributed by atoms with E-state index < -0.39 is 37.3 Å². The van der Waals surface area contributed by atoms with Crippen LogP contribution in [0.3, 0.4) is 0 Å². The van der Waals surface area contributed by atoms with Crippen molar-refractivity contribution in [3.05, 3.63) is 65.7 Å². The number of rotatable bonds is 9. The van der Waals surface area contributed by atoms with Crippen LogP contribution in [-0.2, 0) is 11.2 Å². The number of nitrogens with zero attached hydrogens (tertiary/aromatic N) is 2. The summed E-state index contributed by atoms with van der Waals surface area (Å²) in [6, 6.07) is 17.6. The van der Waals surface area contributed by atoms with E-state index in [4.69, 9.17) is 19.3 Å². The zero-order chi connectivity index (χ0) is 26.7. The van der Waals surface area contributed by atoms with E-state index in [-0.39, 0.29) is 18.0 Å². The van der Waals surface area contributed by atoms with Crippen molar-refractivity contribution in [2.75, 3.05) is 6.61 Å². The van der Waals surface area contributed by atoms with Gasteiger partial charge in [-0.25, -0.2) is 0 Å². The molecule has 9 heteroatoms. The van der Waals surface area contributed by atoms with Gasteiger partial charge in [-0.05, 0) is 57.5 Å². The average molecular weight is 513 g/mol. The third-order valence-corrected chi connectivity index (χ3v) is 6.26. The first-order valence-electron chi connectivity index (χ1n) is 12.6. The van der Waals surface area contributed by atoms with Gasteiger partial charge in [-0.1, -0.05) is 30.3 Å². The summed E-state index contributed by atoms with van der Waals surface area (Å²) in [6.45, 7) is 7.43. The summed E-state index contributed by atoms with van der Waals surface area (Å²) in [4.78, 5) is 0. The number of aliphatic hydroxyl groups excluding tert-OH is 4. The van der Waals surface area contributed by atoms with Crippen molar-refractivity contribution in [2.45, 2.75) is 77.0 Å². The first-order valence-corrected chi connectivity index (χ1v) is 12.6. The highest BCUT2D eigenvalue weighted by molar-refractivity contribution is 5.67. The van der Waals surface area contributed by atoms with Gasteiger partial charge in [0.1, 0.15) is 30.2 Å². The van der Waals surface area contributed by atoms with Crippen molar-refractivity contribution in [2.24, 2.45) is 0 Å². The molecule has 200 valence electrons. The zero-order valence-corrected chi connectivity index (χ0v) is 21.6. The molecule has 4 N–H and O–H groups in total. The molecule has 0 amide bonds. The van der Waals surface area contributed by atoms with Crippen molar-refractivity contribution in [1.29, 1.82) is 0 Å². The molecule has 1 fully saturated rings. The third-order valence-electron chi connectivity index (χ3n) is 6.26. The second-order valence-electron chi connectivity index (χ2n) is 9.84. The van der Waals surface area contributed by atoms with E-state index in [0.717, 1.165) is 28.1 Å². The maximum Gasteiger partial charge on any atom is 0.239 e. The van der Waals surface area contributed by atoms with Gasteiger partial charge in [0, 0.05) is 23.6 Å². The maximum atomic E-state index is 10.6. The molecule has 0 radical (unpaired) electrons. The van der Waals surface area contributed by atoms with Crippen LogP contribution in [0.25, 0.3) is 11.3 Å². The van der Waals surface area contributed by atoms with Gasteiger partial charge in [0.05, 0.1) is 18.4 Å². The molecule has 0 unspecified atom stereocenters. The predicted molar refractivity (Wildman–Crippen MR) is 137 cm³/mol. The Labute approximate surface area is 216 Å². The predicted octanol–water partition coefficient (Wildman–Crippen LogP) is 2.69. The average Bonchev–Trinajstić information content (AvgIpc) is 3.23. The van der Waals surface area contributed by atoms with Crippen molar-refractivity contribution >= 4 is 0 Å². The molecule has 2 aromatic carbocycles. The van der Waals surface area contributed by atoms with Crippen LogP contribution in [0.1, 0.15) is 44.9 Å². The van der Waals surface area contributed by atoms with E-state index in [0.29, 0.717) is 6.42 Å². The number of benzene rings is 2. The van der Waals surface area contributed by atoms with E-state index in [9.17, 15) is 20.4 Å². The molecule has 0 aliphatic carbocycles. The minimum absolute atomic E-state index is 0.0248. The Morgan fingerprint density at radius 2 is 1.59 bits per heavy atom. The molecule has 4 rings (SSSR count). The fraction of sp³-hybridized carbons (Fsp3) is 0.464. The molecule has 1 aliphatic rings. The molecule has 9 nitrogen and oxygen atoms in total. The van der Waals surface area contributed by atoms with Gasteiger partial charge in [-0.15, -0.1) is 5.10 Å². The van der Waals surface area contributed by atoms with Crippen LogP contribution in [0.4, 0.5) is 0 Å². The Morgan fingerprint density at radius 3 is 2.19 bits per heavy atom. The van der Waals surface area contributed by atoms with Gasteiger partial charge >= 0.3 is 0 Å². The smallest absolute Gasteiger partial charge is 0.239 e. The Bertz CT molecular complexity index is 1150. The van der Waals surface area contributed by atoms with Crippen LogP contribution in [0, 0.1) is 0 Å². The minimum atomic E-state index is -1.55. The second kappa shape index (κ2) is 11.6. The molecule has 0 bridgehead atoms. The summed E-state index contributed by atoms with van der Waals surface area (Å²) in [6.07, 6.45) is -6.44. The molecular formula is C28H36N2O7. The van der Waals surface area contributed by atoms with Crippen molar-refractivity contribution < 1.29 is 34.6 Å². The lowest BCUT2D eigenvalue weighted by molar-refractivity contribution is -0.278. The van der Waals surface area contributed by atoms with E-state index in [1.165, 1.54) is 0 Å². The summed E-state index contributed by atoms with van der Waals surface area (Å²) >= 11 is 0. The normalized spacial score (nSPS) is 24.0. The number of aromatic nitrogens is 2. The van der Waals surface area contributed by atoms with Crippen molar-refractivity contribution in [1.82, 2.24) is 9.78 Å². The third kappa shape index (κ3) is 5.97. The van der Waals surface area contributed by atoms with Gasteiger partial charge in [-0.3, -0.25) is 4.68 Å². The largest absolute Gasteiger partial charge is 0.491 e. The van der Waals surface area contributed by atoms with Crippen LogP contribution in [-0.4, -0.2) is 73.6 Å². The SMILES string of the molecule is CC(C)Oc1ccc(-c2c(Cc3ccccc3)c(O[C@@H]3O[C@H](CO)[C@@H](O)[C@H](O)[C@H]3O)nn2C(C)C)cc1. The molecule has 1 saturated heterocycles. The topological polar surface area (TPSA) is 126 Å². The first kappa shape index (κ1) is 27.1. The lowest BCUT2D eigenvalue weighted by Gasteiger charge is -2.39. The van der Waals surface area contributed by atoms with Crippen LogP contribution < -0.4 is 9.47 Å². The van der Waals surface area contributed by atoms with Crippen LogP contribution in [0.15, 0.2) is 54.6 Å². The van der Waals surface area contributed by atoms with Gasteiger partial charge in [0.25, 0.3) is 0 Å². The summed E-state index contributed by atoms with van der Waals surface area (Å²) in [5, 5.41) is 45.3. The van der Waals surface area contributed by atoms with Gasteiger partial charge < -0.3 is 34.6 Å². The van der Waals surface area contributed by atoms with Gasteiger partial charge in [-0.2, -0.15) is 0 Å².